The molecule has 4 rings (SSSR count). The van der Waals surface area contributed by atoms with Gasteiger partial charge in [-0.25, -0.2) is 4.98 Å². The summed E-state index contributed by atoms with van der Waals surface area (Å²) in [6.45, 7) is 4.72. The number of hydrogen-bond donors (Lipinski definition) is 0. The summed E-state index contributed by atoms with van der Waals surface area (Å²) in [5.74, 6) is 2.53. The normalized spacial score (nSPS) is 15.2. The molecule has 1 aromatic heterocycles. The van der Waals surface area contributed by atoms with E-state index in [2.05, 4.69) is 22.8 Å². The lowest BCUT2D eigenvalue weighted by molar-refractivity contribution is -0.130. The van der Waals surface area contributed by atoms with E-state index in [4.69, 9.17) is 9.72 Å². The first-order chi connectivity index (χ1) is 13.2. The van der Waals surface area contributed by atoms with Gasteiger partial charge in [-0.3, -0.25) is 4.79 Å². The zero-order valence-electron chi connectivity index (χ0n) is 15.7. The number of fused-ring (bicyclic) bond motifs is 1. The summed E-state index contributed by atoms with van der Waals surface area (Å²) >= 11 is 0. The maximum absolute atomic E-state index is 11.6. The van der Waals surface area contributed by atoms with Gasteiger partial charge in [0.05, 0.1) is 11.0 Å². The zero-order chi connectivity index (χ0) is 18.6. The highest BCUT2D eigenvalue weighted by atomic mass is 16.5. The third-order valence-corrected chi connectivity index (χ3v) is 5.35. The lowest BCUT2D eigenvalue weighted by atomic mass is 9.96. The van der Waals surface area contributed by atoms with Crippen LogP contribution in [0.1, 0.15) is 25.6 Å². The number of piperidine rings is 1. The van der Waals surface area contributed by atoms with E-state index in [1.807, 2.05) is 41.3 Å². The summed E-state index contributed by atoms with van der Waals surface area (Å²) in [5.41, 5.74) is 2.16. The number of carbonyl (C=O) groups excluding carboxylic acids is 1. The number of likely N-dealkylation sites (tertiary alicyclic amines) is 1. The molecule has 1 saturated heterocycles. The van der Waals surface area contributed by atoms with Crippen molar-refractivity contribution in [1.29, 1.82) is 0 Å². The van der Waals surface area contributed by atoms with Crippen LogP contribution < -0.4 is 4.74 Å². The summed E-state index contributed by atoms with van der Waals surface area (Å²) in [5, 5.41) is 0. The smallest absolute Gasteiger partial charge is 0.219 e. The Hall–Kier alpha value is -2.82. The Morgan fingerprint density at radius 1 is 1.07 bits per heavy atom. The molecule has 0 aliphatic carbocycles. The van der Waals surface area contributed by atoms with Gasteiger partial charge in [-0.05, 0) is 43.0 Å². The Morgan fingerprint density at radius 2 is 1.78 bits per heavy atom. The van der Waals surface area contributed by atoms with Crippen LogP contribution in [0.5, 0.6) is 5.75 Å². The molecule has 5 heteroatoms. The van der Waals surface area contributed by atoms with Gasteiger partial charge in [-0.15, -0.1) is 0 Å². The minimum atomic E-state index is 0.179. The number of aromatic nitrogens is 2. The molecule has 0 saturated carbocycles. The Kier molecular flexibility index (Phi) is 5.10. The molecule has 0 bridgehead atoms. The van der Waals surface area contributed by atoms with E-state index in [1.165, 1.54) is 0 Å². The van der Waals surface area contributed by atoms with Crippen molar-refractivity contribution in [3.63, 3.8) is 0 Å². The van der Waals surface area contributed by atoms with Crippen LogP contribution in [0.3, 0.4) is 0 Å². The molecule has 1 aliphatic heterocycles. The number of ether oxygens (including phenoxy) is 1. The van der Waals surface area contributed by atoms with Gasteiger partial charge in [0.1, 0.15) is 18.2 Å². The van der Waals surface area contributed by atoms with Gasteiger partial charge in [0.25, 0.3) is 0 Å². The number of carbonyl (C=O) groups is 1. The van der Waals surface area contributed by atoms with Crippen LogP contribution in [-0.4, -0.2) is 33.4 Å². The molecule has 0 atom stereocenters. The van der Waals surface area contributed by atoms with Gasteiger partial charge >= 0.3 is 0 Å². The topological polar surface area (TPSA) is 47.4 Å². The molecule has 0 N–H and O–H groups in total. The molecular weight excluding hydrogens is 338 g/mol. The van der Waals surface area contributed by atoms with Crippen LogP contribution in [0.15, 0.2) is 54.6 Å². The Bertz CT molecular complexity index is 912. The second-order valence-corrected chi connectivity index (χ2v) is 7.18. The fraction of sp³-hybridized carbons (Fsp3) is 0.364. The molecule has 140 valence electrons. The molecule has 3 aromatic rings. The van der Waals surface area contributed by atoms with Crippen LogP contribution in [0, 0.1) is 5.92 Å². The predicted molar refractivity (Wildman–Crippen MR) is 105 cm³/mol. The third-order valence-electron chi connectivity index (χ3n) is 5.35. The number of para-hydroxylation sites is 3. The molecule has 2 heterocycles. The van der Waals surface area contributed by atoms with Crippen LogP contribution in [0.4, 0.5) is 0 Å². The molecule has 1 aliphatic rings. The van der Waals surface area contributed by atoms with Crippen LogP contribution >= 0.6 is 0 Å². The predicted octanol–water partition coefficient (Wildman–Crippen LogP) is 3.87. The summed E-state index contributed by atoms with van der Waals surface area (Å²) in [6, 6.07) is 18.1. The van der Waals surface area contributed by atoms with E-state index >= 15 is 0 Å². The first-order valence-electron chi connectivity index (χ1n) is 9.58. The van der Waals surface area contributed by atoms with Crippen molar-refractivity contribution in [2.75, 3.05) is 13.1 Å². The van der Waals surface area contributed by atoms with Gasteiger partial charge in [0.15, 0.2) is 0 Å². The van der Waals surface area contributed by atoms with Crippen molar-refractivity contribution in [3.05, 3.63) is 60.4 Å². The average Bonchev–Trinajstić information content (AvgIpc) is 3.05. The monoisotopic (exact) mass is 363 g/mol. The number of amides is 1. The molecule has 0 radical (unpaired) electrons. The minimum Gasteiger partial charge on any atom is -0.486 e. The van der Waals surface area contributed by atoms with Gasteiger partial charge in [0.2, 0.25) is 5.91 Å². The molecular formula is C22H25N3O2. The lowest BCUT2D eigenvalue weighted by Gasteiger charge is -2.31. The van der Waals surface area contributed by atoms with Crippen LogP contribution in [-0.2, 0) is 17.9 Å². The van der Waals surface area contributed by atoms with E-state index in [9.17, 15) is 4.79 Å². The molecule has 0 unspecified atom stereocenters. The number of hydrogen-bond acceptors (Lipinski definition) is 3. The Balaban J connectivity index is 1.53. The van der Waals surface area contributed by atoms with E-state index in [-0.39, 0.29) is 5.91 Å². The van der Waals surface area contributed by atoms with Crippen LogP contribution in [0.2, 0.25) is 0 Å². The van der Waals surface area contributed by atoms with Gasteiger partial charge in [-0.1, -0.05) is 30.3 Å². The second-order valence-electron chi connectivity index (χ2n) is 7.18. The van der Waals surface area contributed by atoms with Crippen LogP contribution in [0.25, 0.3) is 11.0 Å². The number of benzene rings is 2. The van der Waals surface area contributed by atoms with Crippen molar-refractivity contribution < 1.29 is 9.53 Å². The highest BCUT2D eigenvalue weighted by Crippen LogP contribution is 2.24. The van der Waals surface area contributed by atoms with Gasteiger partial charge in [0, 0.05) is 26.6 Å². The van der Waals surface area contributed by atoms with Crippen molar-refractivity contribution in [2.45, 2.75) is 32.9 Å². The van der Waals surface area contributed by atoms with E-state index in [1.54, 1.807) is 6.92 Å². The maximum Gasteiger partial charge on any atom is 0.219 e. The summed E-state index contributed by atoms with van der Waals surface area (Å²) in [4.78, 5) is 18.3. The van der Waals surface area contributed by atoms with Crippen molar-refractivity contribution in [2.24, 2.45) is 5.92 Å². The quantitative estimate of drug-likeness (QED) is 0.691. The lowest BCUT2D eigenvalue weighted by Crippen LogP contribution is -2.38. The largest absolute Gasteiger partial charge is 0.486 e. The molecule has 5 nitrogen and oxygen atoms in total. The van der Waals surface area contributed by atoms with E-state index in [0.29, 0.717) is 12.5 Å². The Morgan fingerprint density at radius 3 is 2.52 bits per heavy atom. The van der Waals surface area contributed by atoms with E-state index < -0.39 is 0 Å². The van der Waals surface area contributed by atoms with Crippen molar-refractivity contribution in [1.82, 2.24) is 14.5 Å². The highest BCUT2D eigenvalue weighted by Gasteiger charge is 2.23. The van der Waals surface area contributed by atoms with Crippen molar-refractivity contribution >= 4 is 16.9 Å². The standard InChI is InChI=1S/C22H25N3O2/c1-17(26)24-13-11-18(12-14-24)15-25-21-10-6-5-9-20(21)23-22(25)16-27-19-7-3-2-4-8-19/h2-10,18H,11-16H2,1H3. The Labute approximate surface area is 159 Å². The summed E-state index contributed by atoms with van der Waals surface area (Å²) < 4.78 is 8.26. The summed E-state index contributed by atoms with van der Waals surface area (Å²) in [7, 11) is 0. The summed E-state index contributed by atoms with van der Waals surface area (Å²) in [6.07, 6.45) is 2.07. The fourth-order valence-electron chi connectivity index (χ4n) is 3.79. The molecule has 1 fully saturated rings. The maximum atomic E-state index is 11.6. The van der Waals surface area contributed by atoms with E-state index in [0.717, 1.165) is 55.1 Å². The minimum absolute atomic E-state index is 0.179. The number of imidazole rings is 1. The first kappa shape index (κ1) is 17.6. The average molecular weight is 363 g/mol. The SMILES string of the molecule is CC(=O)N1CCC(Cn2c(COc3ccccc3)nc3ccccc32)CC1. The molecule has 1 amide bonds. The van der Waals surface area contributed by atoms with Crippen molar-refractivity contribution in [3.8, 4) is 5.75 Å². The molecule has 27 heavy (non-hydrogen) atoms. The number of rotatable bonds is 5. The van der Waals surface area contributed by atoms with Gasteiger partial charge < -0.3 is 14.2 Å². The second kappa shape index (κ2) is 7.82. The zero-order valence-corrected chi connectivity index (χ0v) is 15.7. The van der Waals surface area contributed by atoms with Gasteiger partial charge in [-0.2, -0.15) is 0 Å². The molecule has 0 spiro atoms. The fourth-order valence-corrected chi connectivity index (χ4v) is 3.79. The number of nitrogens with zero attached hydrogens (tertiary/aromatic N) is 3. The molecule has 2 aromatic carbocycles. The highest BCUT2D eigenvalue weighted by molar-refractivity contribution is 5.76. The third kappa shape index (κ3) is 3.97. The first-order valence-corrected chi connectivity index (χ1v) is 9.58.